The predicted molar refractivity (Wildman–Crippen MR) is 127 cm³/mol. The summed E-state index contributed by atoms with van der Waals surface area (Å²) in [5, 5.41) is 0. The molecule has 1 aromatic carbocycles. The van der Waals surface area contributed by atoms with Crippen LogP contribution in [0.2, 0.25) is 0 Å². The molecule has 0 aliphatic rings. The van der Waals surface area contributed by atoms with Gasteiger partial charge in [0.25, 0.3) is 0 Å². The van der Waals surface area contributed by atoms with Crippen molar-refractivity contribution in [2.45, 2.75) is 45.8 Å². The summed E-state index contributed by atoms with van der Waals surface area (Å²) in [7, 11) is 1.40. The lowest BCUT2D eigenvalue weighted by molar-refractivity contribution is -0.157. The molecule has 0 spiro atoms. The molecule has 0 fully saturated rings. The van der Waals surface area contributed by atoms with E-state index in [0.717, 1.165) is 0 Å². The van der Waals surface area contributed by atoms with Crippen molar-refractivity contribution in [3.63, 3.8) is 0 Å². The van der Waals surface area contributed by atoms with E-state index in [1.165, 1.54) is 26.3 Å². The fraction of sp³-hybridized carbons (Fsp3) is 0.385. The molecule has 1 heterocycles. The standard InChI is InChI=1S/C26H31NO8/c1-6-10-22(35-20-11-8-7-9-12-20)18(3)34-26(30)17(2)15-21(29)24-25(33-16-32-19(4)28)23(31-5)13-14-27-24/h6-9,11-14,17-18,22H,1,10,15-16H2,2-5H3/t17-,18+,22-/m1/s1. The molecule has 9 heteroatoms. The van der Waals surface area contributed by atoms with E-state index in [-0.39, 0.29) is 23.6 Å². The van der Waals surface area contributed by atoms with E-state index in [1.807, 2.05) is 30.3 Å². The van der Waals surface area contributed by atoms with Gasteiger partial charge in [-0.2, -0.15) is 0 Å². The molecular weight excluding hydrogens is 454 g/mol. The van der Waals surface area contributed by atoms with E-state index in [9.17, 15) is 14.4 Å². The maximum Gasteiger partial charge on any atom is 0.309 e. The number of ether oxygens (including phenoxy) is 5. The van der Waals surface area contributed by atoms with Gasteiger partial charge in [0, 0.05) is 32.0 Å². The molecule has 9 nitrogen and oxygen atoms in total. The van der Waals surface area contributed by atoms with Crippen LogP contribution in [-0.4, -0.2) is 48.8 Å². The zero-order valence-corrected chi connectivity index (χ0v) is 20.4. The molecule has 0 aliphatic heterocycles. The third kappa shape index (κ3) is 8.44. The molecule has 1 aromatic heterocycles. The van der Waals surface area contributed by atoms with Crippen molar-refractivity contribution in [3.05, 3.63) is 60.9 Å². The molecule has 2 rings (SSSR count). The van der Waals surface area contributed by atoms with Crippen molar-refractivity contribution in [1.82, 2.24) is 4.98 Å². The van der Waals surface area contributed by atoms with E-state index in [0.29, 0.717) is 12.2 Å². The summed E-state index contributed by atoms with van der Waals surface area (Å²) in [6.07, 6.45) is 2.33. The molecule has 3 atom stereocenters. The fourth-order valence-electron chi connectivity index (χ4n) is 3.11. The van der Waals surface area contributed by atoms with Crippen LogP contribution >= 0.6 is 0 Å². The lowest BCUT2D eigenvalue weighted by atomic mass is 10.0. The van der Waals surface area contributed by atoms with Crippen molar-refractivity contribution in [2.75, 3.05) is 13.9 Å². The Hall–Kier alpha value is -3.88. The number of carbonyl (C=O) groups is 3. The molecule has 35 heavy (non-hydrogen) atoms. The minimum absolute atomic E-state index is 0.0255. The Morgan fingerprint density at radius 1 is 1.11 bits per heavy atom. The van der Waals surface area contributed by atoms with Crippen molar-refractivity contribution in [3.8, 4) is 17.2 Å². The van der Waals surface area contributed by atoms with Crippen LogP contribution in [0.5, 0.6) is 17.2 Å². The molecule has 0 amide bonds. The summed E-state index contributed by atoms with van der Waals surface area (Å²) in [5.41, 5.74) is -0.0406. The van der Waals surface area contributed by atoms with Gasteiger partial charge in [-0.3, -0.25) is 14.4 Å². The maximum atomic E-state index is 13.0. The number of aromatic nitrogens is 1. The summed E-state index contributed by atoms with van der Waals surface area (Å²) in [6, 6.07) is 10.7. The quantitative estimate of drug-likeness (QED) is 0.169. The van der Waals surface area contributed by atoms with Crippen LogP contribution in [0.15, 0.2) is 55.3 Å². The average Bonchev–Trinajstić information content (AvgIpc) is 2.84. The number of benzene rings is 1. The fourth-order valence-corrected chi connectivity index (χ4v) is 3.11. The number of methoxy groups -OCH3 is 1. The number of para-hydroxylation sites is 1. The normalized spacial score (nSPS) is 13.0. The van der Waals surface area contributed by atoms with Gasteiger partial charge in [0.15, 0.2) is 23.0 Å². The van der Waals surface area contributed by atoms with Crippen LogP contribution in [0.1, 0.15) is 44.1 Å². The summed E-state index contributed by atoms with van der Waals surface area (Å²) >= 11 is 0. The zero-order valence-electron chi connectivity index (χ0n) is 20.4. The number of ketones is 1. The first-order valence-electron chi connectivity index (χ1n) is 11.1. The highest BCUT2D eigenvalue weighted by molar-refractivity contribution is 5.99. The Kier molecular flexibility index (Phi) is 10.7. The molecule has 0 N–H and O–H groups in total. The van der Waals surface area contributed by atoms with Gasteiger partial charge < -0.3 is 23.7 Å². The van der Waals surface area contributed by atoms with Gasteiger partial charge in [-0.1, -0.05) is 31.2 Å². The van der Waals surface area contributed by atoms with Crippen molar-refractivity contribution < 1.29 is 38.1 Å². The summed E-state index contributed by atoms with van der Waals surface area (Å²) in [4.78, 5) is 40.8. The number of hydrogen-bond acceptors (Lipinski definition) is 9. The van der Waals surface area contributed by atoms with Gasteiger partial charge in [-0.05, 0) is 19.1 Å². The van der Waals surface area contributed by atoms with Crippen LogP contribution in [0.3, 0.4) is 0 Å². The minimum atomic E-state index is -0.764. The van der Waals surface area contributed by atoms with E-state index < -0.39 is 42.6 Å². The van der Waals surface area contributed by atoms with Gasteiger partial charge in [0.2, 0.25) is 6.79 Å². The van der Waals surface area contributed by atoms with Crippen LogP contribution in [0.4, 0.5) is 0 Å². The van der Waals surface area contributed by atoms with Crippen molar-refractivity contribution >= 4 is 17.7 Å². The first-order chi connectivity index (χ1) is 16.8. The summed E-state index contributed by atoms with van der Waals surface area (Å²) < 4.78 is 27.0. The third-order valence-electron chi connectivity index (χ3n) is 4.97. The van der Waals surface area contributed by atoms with Crippen LogP contribution < -0.4 is 14.2 Å². The zero-order chi connectivity index (χ0) is 25.8. The minimum Gasteiger partial charge on any atom is -0.493 e. The average molecular weight is 486 g/mol. The van der Waals surface area contributed by atoms with Crippen LogP contribution in [-0.2, 0) is 19.1 Å². The van der Waals surface area contributed by atoms with Crippen molar-refractivity contribution in [2.24, 2.45) is 5.92 Å². The largest absolute Gasteiger partial charge is 0.493 e. The van der Waals surface area contributed by atoms with Gasteiger partial charge in [-0.25, -0.2) is 4.98 Å². The molecule has 0 aliphatic carbocycles. The molecular formula is C26H31NO8. The molecule has 0 unspecified atom stereocenters. The Balaban J connectivity index is 2.05. The molecule has 188 valence electrons. The number of pyridine rings is 1. The highest BCUT2D eigenvalue weighted by atomic mass is 16.7. The number of nitrogens with zero attached hydrogens (tertiary/aromatic N) is 1. The third-order valence-corrected chi connectivity index (χ3v) is 4.97. The first-order valence-corrected chi connectivity index (χ1v) is 11.1. The highest BCUT2D eigenvalue weighted by Gasteiger charge is 2.28. The second-order valence-electron chi connectivity index (χ2n) is 7.75. The Labute approximate surface area is 205 Å². The summed E-state index contributed by atoms with van der Waals surface area (Å²) in [5.74, 6) is -1.40. The SMILES string of the molecule is C=CC[C@@H](Oc1ccccc1)[C@H](C)OC(=O)[C@H](C)CC(=O)c1nccc(OC)c1OCOC(C)=O. The van der Waals surface area contributed by atoms with Gasteiger partial charge >= 0.3 is 11.9 Å². The van der Waals surface area contributed by atoms with Gasteiger partial charge in [0.1, 0.15) is 18.0 Å². The second-order valence-corrected chi connectivity index (χ2v) is 7.75. The van der Waals surface area contributed by atoms with Gasteiger partial charge in [0.05, 0.1) is 13.0 Å². The number of hydrogen-bond donors (Lipinski definition) is 0. The topological polar surface area (TPSA) is 110 Å². The number of rotatable bonds is 14. The monoisotopic (exact) mass is 485 g/mol. The Morgan fingerprint density at radius 2 is 1.83 bits per heavy atom. The second kappa shape index (κ2) is 13.7. The molecule has 0 bridgehead atoms. The number of carbonyl (C=O) groups excluding carboxylic acids is 3. The highest BCUT2D eigenvalue weighted by Crippen LogP contribution is 2.31. The Morgan fingerprint density at radius 3 is 2.46 bits per heavy atom. The van der Waals surface area contributed by atoms with Gasteiger partial charge in [-0.15, -0.1) is 6.58 Å². The van der Waals surface area contributed by atoms with Crippen LogP contribution in [0.25, 0.3) is 0 Å². The van der Waals surface area contributed by atoms with E-state index in [2.05, 4.69) is 11.6 Å². The van der Waals surface area contributed by atoms with E-state index in [4.69, 9.17) is 23.7 Å². The van der Waals surface area contributed by atoms with Crippen molar-refractivity contribution in [1.29, 1.82) is 0 Å². The van der Waals surface area contributed by atoms with E-state index in [1.54, 1.807) is 19.9 Å². The number of esters is 2. The maximum absolute atomic E-state index is 13.0. The molecule has 0 saturated heterocycles. The predicted octanol–water partition coefficient (Wildman–Crippen LogP) is 4.15. The Bertz CT molecular complexity index is 1010. The summed E-state index contributed by atoms with van der Waals surface area (Å²) in [6.45, 7) is 7.88. The van der Waals surface area contributed by atoms with Crippen LogP contribution in [0, 0.1) is 5.92 Å². The lowest BCUT2D eigenvalue weighted by Crippen LogP contribution is -2.35. The van der Waals surface area contributed by atoms with E-state index >= 15 is 0 Å². The molecule has 0 saturated carbocycles. The number of Topliss-reactive ketones (excluding diaryl/α,β-unsaturated/α-hetero) is 1. The first kappa shape index (κ1) is 27.4. The smallest absolute Gasteiger partial charge is 0.309 e. The lowest BCUT2D eigenvalue weighted by Gasteiger charge is -2.25. The molecule has 2 aromatic rings. The molecule has 0 radical (unpaired) electrons.